The van der Waals surface area contributed by atoms with E-state index in [2.05, 4.69) is 0 Å². The maximum Gasteiger partial charge on any atom is 0.128 e. The molecule has 0 saturated heterocycles. The number of hydrogen-bond acceptors (Lipinski definition) is 2. The lowest BCUT2D eigenvalue weighted by Crippen LogP contribution is -2.41. The number of hydrogen-bond donors (Lipinski definition) is 2. The molecular weight excluding hydrogens is 203 g/mol. The number of benzene rings is 1. The lowest BCUT2D eigenvalue weighted by Gasteiger charge is -2.23. The molecule has 2 atom stereocenters. The molecule has 0 radical (unpaired) electrons. The molecule has 3 nitrogen and oxygen atoms in total. The summed E-state index contributed by atoms with van der Waals surface area (Å²) >= 11 is 0. The Bertz CT molecular complexity index is 354. The van der Waals surface area contributed by atoms with E-state index in [9.17, 15) is 8.60 Å². The lowest BCUT2D eigenvalue weighted by molar-refractivity contribution is 0.504. The van der Waals surface area contributed by atoms with Crippen molar-refractivity contribution in [3.05, 3.63) is 35.6 Å². The number of rotatable bonds is 3. The summed E-state index contributed by atoms with van der Waals surface area (Å²) < 4.78 is 24.1. The van der Waals surface area contributed by atoms with Gasteiger partial charge in [-0.3, -0.25) is 5.14 Å². The third-order valence-electron chi connectivity index (χ3n) is 1.93. The number of halogens is 1. The predicted molar refractivity (Wildman–Crippen MR) is 55.1 cm³/mol. The van der Waals surface area contributed by atoms with E-state index in [0.29, 0.717) is 5.56 Å². The average Bonchev–Trinajstić information content (AvgIpc) is 2.02. The van der Waals surface area contributed by atoms with E-state index in [4.69, 9.17) is 10.9 Å². The fourth-order valence-electron chi connectivity index (χ4n) is 1.30. The van der Waals surface area contributed by atoms with Crippen LogP contribution in [0.25, 0.3) is 0 Å². The third kappa shape index (κ3) is 2.60. The van der Waals surface area contributed by atoms with Crippen LogP contribution >= 0.6 is 0 Å². The second-order valence-corrected chi connectivity index (χ2v) is 4.47. The Hall–Kier alpha value is -0.780. The average molecular weight is 216 g/mol. The molecule has 14 heavy (non-hydrogen) atoms. The predicted octanol–water partition coefficient (Wildman–Crippen LogP) is 0.622. The Labute approximate surface area is 84.9 Å². The van der Waals surface area contributed by atoms with Crippen molar-refractivity contribution >= 4 is 11.0 Å². The van der Waals surface area contributed by atoms with E-state index < -0.39 is 22.3 Å². The summed E-state index contributed by atoms with van der Waals surface area (Å²) in [6.45, 7) is 1.61. The van der Waals surface area contributed by atoms with Crippen molar-refractivity contribution < 1.29 is 8.60 Å². The van der Waals surface area contributed by atoms with Crippen LogP contribution in [0.5, 0.6) is 0 Å². The molecule has 0 saturated carbocycles. The quantitative estimate of drug-likeness (QED) is 0.777. The van der Waals surface area contributed by atoms with Gasteiger partial charge in [0.2, 0.25) is 0 Å². The molecule has 0 aliphatic heterocycles. The van der Waals surface area contributed by atoms with Crippen molar-refractivity contribution in [2.24, 2.45) is 10.9 Å². The fourth-order valence-corrected chi connectivity index (χ4v) is 2.04. The Morgan fingerprint density at radius 1 is 1.50 bits per heavy atom. The standard InChI is InChI=1S/C9H13FN2OS/c1-9(11,6-14(12)13)7-4-2-3-5-8(7)10/h2-5H,6,11-12H2,1H3/t9-,14?/m0/s1. The monoisotopic (exact) mass is 216 g/mol. The highest BCUT2D eigenvalue weighted by molar-refractivity contribution is 7.82. The van der Waals surface area contributed by atoms with Crippen molar-refractivity contribution in [2.45, 2.75) is 12.5 Å². The van der Waals surface area contributed by atoms with Crippen molar-refractivity contribution in [2.75, 3.05) is 5.75 Å². The molecule has 78 valence electrons. The molecule has 1 aromatic carbocycles. The Morgan fingerprint density at radius 3 is 2.57 bits per heavy atom. The second kappa shape index (κ2) is 4.16. The highest BCUT2D eigenvalue weighted by Gasteiger charge is 2.25. The SMILES string of the molecule is C[C@](N)(CS(N)=O)c1ccccc1F. The minimum absolute atomic E-state index is 0.0356. The van der Waals surface area contributed by atoms with Crippen molar-refractivity contribution in [3.63, 3.8) is 0 Å². The van der Waals surface area contributed by atoms with Crippen LogP contribution in [0.3, 0.4) is 0 Å². The van der Waals surface area contributed by atoms with Gasteiger partial charge in [0.05, 0.1) is 22.3 Å². The van der Waals surface area contributed by atoms with Gasteiger partial charge in [0.25, 0.3) is 0 Å². The maximum absolute atomic E-state index is 13.3. The summed E-state index contributed by atoms with van der Waals surface area (Å²) in [5, 5.41) is 5.14. The van der Waals surface area contributed by atoms with Gasteiger partial charge in [-0.2, -0.15) is 0 Å². The van der Waals surface area contributed by atoms with Gasteiger partial charge in [-0.1, -0.05) is 18.2 Å². The van der Waals surface area contributed by atoms with Crippen LogP contribution in [0.4, 0.5) is 4.39 Å². The Morgan fingerprint density at radius 2 is 2.07 bits per heavy atom. The van der Waals surface area contributed by atoms with E-state index in [1.54, 1.807) is 25.1 Å². The van der Waals surface area contributed by atoms with Crippen LogP contribution < -0.4 is 10.9 Å². The summed E-state index contributed by atoms with van der Waals surface area (Å²) in [6, 6.07) is 6.15. The first-order chi connectivity index (χ1) is 6.43. The molecule has 0 aliphatic rings. The van der Waals surface area contributed by atoms with Gasteiger partial charge in [0.15, 0.2) is 0 Å². The van der Waals surface area contributed by atoms with Gasteiger partial charge in [-0.05, 0) is 13.0 Å². The number of nitrogens with two attached hydrogens (primary N) is 2. The molecule has 1 rings (SSSR count). The molecule has 0 aliphatic carbocycles. The highest BCUT2D eigenvalue weighted by atomic mass is 32.2. The molecule has 4 N–H and O–H groups in total. The van der Waals surface area contributed by atoms with E-state index in [0.717, 1.165) is 0 Å². The van der Waals surface area contributed by atoms with Crippen molar-refractivity contribution in [1.29, 1.82) is 0 Å². The molecule has 0 spiro atoms. The van der Waals surface area contributed by atoms with Gasteiger partial charge in [0, 0.05) is 5.56 Å². The minimum atomic E-state index is -1.54. The van der Waals surface area contributed by atoms with E-state index in [1.807, 2.05) is 0 Å². The zero-order valence-corrected chi connectivity index (χ0v) is 8.68. The molecule has 5 heteroatoms. The van der Waals surface area contributed by atoms with Crippen LogP contribution in [0, 0.1) is 5.82 Å². The second-order valence-electron chi connectivity index (χ2n) is 3.42. The van der Waals surface area contributed by atoms with E-state index >= 15 is 0 Å². The first-order valence-electron chi connectivity index (χ1n) is 4.10. The summed E-state index contributed by atoms with van der Waals surface area (Å²) in [6.07, 6.45) is 0. The maximum atomic E-state index is 13.3. The van der Waals surface area contributed by atoms with Crippen LogP contribution in [-0.2, 0) is 16.5 Å². The summed E-state index contributed by atoms with van der Waals surface area (Å²) in [7, 11) is -1.54. The Balaban J connectivity index is 3.03. The lowest BCUT2D eigenvalue weighted by atomic mass is 9.95. The van der Waals surface area contributed by atoms with Gasteiger partial charge < -0.3 is 5.73 Å². The van der Waals surface area contributed by atoms with E-state index in [1.165, 1.54) is 6.07 Å². The van der Waals surface area contributed by atoms with Gasteiger partial charge in [-0.25, -0.2) is 8.60 Å². The van der Waals surface area contributed by atoms with Crippen LogP contribution in [-0.4, -0.2) is 9.96 Å². The normalized spacial score (nSPS) is 17.4. The van der Waals surface area contributed by atoms with Gasteiger partial charge >= 0.3 is 0 Å². The molecule has 0 fully saturated rings. The van der Waals surface area contributed by atoms with Crippen LogP contribution in [0.15, 0.2) is 24.3 Å². The fraction of sp³-hybridized carbons (Fsp3) is 0.333. The molecule has 0 bridgehead atoms. The molecular formula is C9H13FN2OS. The summed E-state index contributed by atoms with van der Waals surface area (Å²) in [5.41, 5.74) is 5.16. The molecule has 0 aromatic heterocycles. The molecule has 0 amide bonds. The third-order valence-corrected chi connectivity index (χ3v) is 2.82. The van der Waals surface area contributed by atoms with Gasteiger partial charge in [-0.15, -0.1) is 0 Å². The van der Waals surface area contributed by atoms with Crippen LogP contribution in [0.1, 0.15) is 12.5 Å². The zero-order valence-electron chi connectivity index (χ0n) is 7.87. The first kappa shape index (κ1) is 11.3. The van der Waals surface area contributed by atoms with Gasteiger partial charge in [0.1, 0.15) is 5.82 Å². The highest BCUT2D eigenvalue weighted by Crippen LogP contribution is 2.20. The van der Waals surface area contributed by atoms with Crippen molar-refractivity contribution in [1.82, 2.24) is 0 Å². The molecule has 1 unspecified atom stereocenters. The zero-order chi connectivity index (χ0) is 10.8. The minimum Gasteiger partial charge on any atom is -0.321 e. The molecule has 0 heterocycles. The molecule has 1 aromatic rings. The summed E-state index contributed by atoms with van der Waals surface area (Å²) in [5.74, 6) is -0.364. The first-order valence-corrected chi connectivity index (χ1v) is 5.48. The Kier molecular flexibility index (Phi) is 3.36. The summed E-state index contributed by atoms with van der Waals surface area (Å²) in [4.78, 5) is 0. The van der Waals surface area contributed by atoms with E-state index in [-0.39, 0.29) is 5.75 Å². The van der Waals surface area contributed by atoms with Crippen LogP contribution in [0.2, 0.25) is 0 Å². The largest absolute Gasteiger partial charge is 0.321 e. The van der Waals surface area contributed by atoms with Crippen molar-refractivity contribution in [3.8, 4) is 0 Å². The topological polar surface area (TPSA) is 69.1 Å². The smallest absolute Gasteiger partial charge is 0.128 e.